The van der Waals surface area contributed by atoms with Crippen LogP contribution in [0.4, 0.5) is 14.6 Å². The van der Waals surface area contributed by atoms with Crippen molar-refractivity contribution < 1.29 is 8.78 Å². The molecule has 0 aliphatic carbocycles. The first-order valence-electron chi connectivity index (χ1n) is 4.41. The fourth-order valence-electron chi connectivity index (χ4n) is 1.53. The van der Waals surface area contributed by atoms with E-state index in [1.807, 2.05) is 6.92 Å². The van der Waals surface area contributed by atoms with Gasteiger partial charge in [-0.3, -0.25) is 0 Å². The Kier molecular flexibility index (Phi) is 1.90. The number of hydrogen-bond donors (Lipinski definition) is 0. The van der Waals surface area contributed by atoms with Gasteiger partial charge in [-0.1, -0.05) is 0 Å². The lowest BCUT2D eigenvalue weighted by molar-refractivity contribution is -0.0267. The Morgan fingerprint density at radius 1 is 1.29 bits per heavy atom. The van der Waals surface area contributed by atoms with Crippen molar-refractivity contribution >= 4 is 5.82 Å². The van der Waals surface area contributed by atoms with Gasteiger partial charge in [0.15, 0.2) is 0 Å². The van der Waals surface area contributed by atoms with E-state index in [2.05, 4.69) is 9.97 Å². The summed E-state index contributed by atoms with van der Waals surface area (Å²) in [4.78, 5) is 9.75. The summed E-state index contributed by atoms with van der Waals surface area (Å²) in [5.74, 6) is -1.33. The molecule has 0 radical (unpaired) electrons. The number of halogens is 2. The van der Waals surface area contributed by atoms with E-state index in [1.54, 1.807) is 17.9 Å². The predicted octanol–water partition coefficient (Wildman–Crippen LogP) is 1.55. The third-order valence-corrected chi connectivity index (χ3v) is 2.12. The minimum absolute atomic E-state index is 0.233. The minimum atomic E-state index is -2.55. The molecule has 0 saturated carbocycles. The van der Waals surface area contributed by atoms with Crippen molar-refractivity contribution in [3.05, 3.63) is 17.6 Å². The van der Waals surface area contributed by atoms with Gasteiger partial charge < -0.3 is 4.90 Å². The Labute approximate surface area is 80.8 Å². The molecular formula is C9H11F2N3. The van der Waals surface area contributed by atoms with Crippen LogP contribution in [-0.4, -0.2) is 29.0 Å². The van der Waals surface area contributed by atoms with Crippen molar-refractivity contribution in [2.75, 3.05) is 18.0 Å². The zero-order chi connectivity index (χ0) is 10.3. The van der Waals surface area contributed by atoms with Crippen LogP contribution in [-0.2, 0) is 0 Å². The van der Waals surface area contributed by atoms with Gasteiger partial charge in [0.1, 0.15) is 11.6 Å². The lowest BCUT2D eigenvalue weighted by Gasteiger charge is -2.39. The maximum absolute atomic E-state index is 12.6. The van der Waals surface area contributed by atoms with Gasteiger partial charge in [0.25, 0.3) is 5.92 Å². The average molecular weight is 199 g/mol. The zero-order valence-corrected chi connectivity index (χ0v) is 8.09. The van der Waals surface area contributed by atoms with Crippen LogP contribution in [0, 0.1) is 13.8 Å². The molecule has 0 atom stereocenters. The van der Waals surface area contributed by atoms with Gasteiger partial charge in [-0.25, -0.2) is 18.7 Å². The fourth-order valence-corrected chi connectivity index (χ4v) is 1.53. The van der Waals surface area contributed by atoms with E-state index in [0.717, 1.165) is 5.69 Å². The third kappa shape index (κ3) is 1.66. The lowest BCUT2D eigenvalue weighted by atomic mass is 10.1. The number of rotatable bonds is 1. The SMILES string of the molecule is Cc1cc(N2CC(F)(F)C2)nc(C)n1. The largest absolute Gasteiger partial charge is 0.344 e. The Hall–Kier alpha value is -1.26. The zero-order valence-electron chi connectivity index (χ0n) is 8.09. The van der Waals surface area contributed by atoms with Crippen molar-refractivity contribution in [1.82, 2.24) is 9.97 Å². The van der Waals surface area contributed by atoms with Crippen molar-refractivity contribution in [2.45, 2.75) is 19.8 Å². The van der Waals surface area contributed by atoms with Crippen LogP contribution < -0.4 is 4.90 Å². The lowest BCUT2D eigenvalue weighted by Crippen LogP contribution is -2.56. The van der Waals surface area contributed by atoms with Gasteiger partial charge >= 0.3 is 0 Å². The molecule has 2 heterocycles. The Balaban J connectivity index is 2.18. The second-order valence-electron chi connectivity index (χ2n) is 3.63. The summed E-state index contributed by atoms with van der Waals surface area (Å²) in [7, 11) is 0. The molecule has 1 aromatic rings. The number of alkyl halides is 2. The fraction of sp³-hybridized carbons (Fsp3) is 0.556. The molecule has 0 bridgehead atoms. The Morgan fingerprint density at radius 3 is 2.43 bits per heavy atom. The van der Waals surface area contributed by atoms with E-state index >= 15 is 0 Å². The maximum atomic E-state index is 12.6. The van der Waals surface area contributed by atoms with E-state index in [1.165, 1.54) is 0 Å². The molecule has 1 fully saturated rings. The monoisotopic (exact) mass is 199 g/mol. The Morgan fingerprint density at radius 2 is 1.93 bits per heavy atom. The first-order valence-corrected chi connectivity index (χ1v) is 4.41. The third-order valence-electron chi connectivity index (χ3n) is 2.12. The van der Waals surface area contributed by atoms with E-state index in [0.29, 0.717) is 11.6 Å². The molecule has 0 spiro atoms. The number of hydrogen-bond acceptors (Lipinski definition) is 3. The number of anilines is 1. The highest BCUT2D eigenvalue weighted by molar-refractivity contribution is 5.43. The molecule has 0 N–H and O–H groups in total. The first-order chi connectivity index (χ1) is 6.46. The predicted molar refractivity (Wildman–Crippen MR) is 48.7 cm³/mol. The van der Waals surface area contributed by atoms with Crippen molar-refractivity contribution in [1.29, 1.82) is 0 Å². The maximum Gasteiger partial charge on any atom is 0.282 e. The van der Waals surface area contributed by atoms with E-state index in [9.17, 15) is 8.78 Å². The molecule has 1 aliphatic rings. The highest BCUT2D eigenvalue weighted by Crippen LogP contribution is 2.30. The first kappa shape index (κ1) is 9.30. The van der Waals surface area contributed by atoms with Crippen molar-refractivity contribution in [3.8, 4) is 0 Å². The Bertz CT molecular complexity index is 337. The summed E-state index contributed by atoms with van der Waals surface area (Å²) in [5.41, 5.74) is 0.808. The summed E-state index contributed by atoms with van der Waals surface area (Å²) in [6.45, 7) is 3.12. The molecule has 1 aromatic heterocycles. The molecule has 2 rings (SSSR count). The van der Waals surface area contributed by atoms with Crippen LogP contribution in [0.3, 0.4) is 0 Å². The average Bonchev–Trinajstić information content (AvgIpc) is 1.97. The van der Waals surface area contributed by atoms with Gasteiger partial charge in [0.2, 0.25) is 0 Å². The van der Waals surface area contributed by atoms with Crippen LogP contribution in [0.25, 0.3) is 0 Å². The van der Waals surface area contributed by atoms with Gasteiger partial charge in [0.05, 0.1) is 13.1 Å². The van der Waals surface area contributed by atoms with Crippen molar-refractivity contribution in [3.63, 3.8) is 0 Å². The molecule has 14 heavy (non-hydrogen) atoms. The standard InChI is InChI=1S/C9H11F2N3/c1-6-3-8(13-7(2)12-6)14-4-9(10,11)5-14/h3H,4-5H2,1-2H3. The molecule has 5 heteroatoms. The molecule has 76 valence electrons. The quantitative estimate of drug-likeness (QED) is 0.687. The van der Waals surface area contributed by atoms with Crippen LogP contribution in [0.2, 0.25) is 0 Å². The molecule has 0 aromatic carbocycles. The van der Waals surface area contributed by atoms with Crippen LogP contribution in [0.15, 0.2) is 6.07 Å². The number of aryl methyl sites for hydroxylation is 2. The molecule has 3 nitrogen and oxygen atoms in total. The molecule has 1 saturated heterocycles. The highest BCUT2D eigenvalue weighted by Gasteiger charge is 2.44. The van der Waals surface area contributed by atoms with Crippen LogP contribution >= 0.6 is 0 Å². The summed E-state index contributed by atoms with van der Waals surface area (Å²) >= 11 is 0. The molecular weight excluding hydrogens is 188 g/mol. The van der Waals surface area contributed by atoms with E-state index < -0.39 is 5.92 Å². The van der Waals surface area contributed by atoms with Gasteiger partial charge in [0, 0.05) is 11.8 Å². The summed E-state index contributed by atoms with van der Waals surface area (Å²) in [5, 5.41) is 0. The summed E-state index contributed by atoms with van der Waals surface area (Å²) < 4.78 is 25.2. The topological polar surface area (TPSA) is 29.0 Å². The number of nitrogens with zero attached hydrogens (tertiary/aromatic N) is 3. The second kappa shape index (κ2) is 2.87. The second-order valence-corrected chi connectivity index (χ2v) is 3.63. The van der Waals surface area contributed by atoms with Crippen LogP contribution in [0.1, 0.15) is 11.5 Å². The highest BCUT2D eigenvalue weighted by atomic mass is 19.3. The minimum Gasteiger partial charge on any atom is -0.344 e. The smallest absolute Gasteiger partial charge is 0.282 e. The molecule has 0 unspecified atom stereocenters. The normalized spacial score (nSPS) is 19.3. The van der Waals surface area contributed by atoms with Gasteiger partial charge in [-0.05, 0) is 13.8 Å². The number of aromatic nitrogens is 2. The molecule has 0 amide bonds. The molecule has 1 aliphatic heterocycles. The van der Waals surface area contributed by atoms with Crippen LogP contribution in [0.5, 0.6) is 0 Å². The van der Waals surface area contributed by atoms with Crippen molar-refractivity contribution in [2.24, 2.45) is 0 Å². The summed E-state index contributed by atoms with van der Waals surface area (Å²) in [6.07, 6.45) is 0. The summed E-state index contributed by atoms with van der Waals surface area (Å²) in [6, 6.07) is 1.72. The van der Waals surface area contributed by atoms with E-state index in [4.69, 9.17) is 0 Å². The van der Waals surface area contributed by atoms with E-state index in [-0.39, 0.29) is 13.1 Å². The van der Waals surface area contributed by atoms with Gasteiger partial charge in [-0.15, -0.1) is 0 Å². The van der Waals surface area contributed by atoms with Gasteiger partial charge in [-0.2, -0.15) is 0 Å².